The number of nitrogens with two attached hydrogens (primary N) is 1. The monoisotopic (exact) mass is 182 g/mol. The van der Waals surface area contributed by atoms with Crippen LogP contribution in [0.15, 0.2) is 0 Å². The molecule has 74 valence electrons. The molecule has 1 spiro atoms. The van der Waals surface area contributed by atoms with Crippen molar-refractivity contribution in [1.82, 2.24) is 4.90 Å². The third kappa shape index (κ3) is 1.17. The maximum absolute atomic E-state index is 11.9. The number of carbonyl (C=O) groups is 1. The van der Waals surface area contributed by atoms with Crippen LogP contribution in [0.3, 0.4) is 0 Å². The van der Waals surface area contributed by atoms with Crippen LogP contribution < -0.4 is 5.73 Å². The summed E-state index contributed by atoms with van der Waals surface area (Å²) in [5.74, 6) is 0.124. The Labute approximate surface area is 79.3 Å². The standard InChI is InChI=1S/C10H18N2O/c1-9(2,11)8(13)12-7-6-10(12)4-3-5-10/h3-7,11H2,1-2H3. The molecule has 2 aliphatic rings. The fraction of sp³-hybridized carbons (Fsp3) is 0.900. The molecule has 1 amide bonds. The average Bonchev–Trinajstić information content (AvgIpc) is 1.78. The Balaban J connectivity index is 2.06. The largest absolute Gasteiger partial charge is 0.335 e. The summed E-state index contributed by atoms with van der Waals surface area (Å²) in [6, 6.07) is 0. The number of likely N-dealkylation sites (tertiary alicyclic amines) is 1. The molecular weight excluding hydrogens is 164 g/mol. The minimum atomic E-state index is -0.691. The van der Waals surface area contributed by atoms with E-state index in [1.54, 1.807) is 13.8 Å². The first-order valence-corrected chi connectivity index (χ1v) is 5.07. The highest BCUT2D eigenvalue weighted by Crippen LogP contribution is 2.47. The summed E-state index contributed by atoms with van der Waals surface area (Å²) in [7, 11) is 0. The minimum Gasteiger partial charge on any atom is -0.335 e. The maximum atomic E-state index is 11.9. The van der Waals surface area contributed by atoms with Gasteiger partial charge in [0, 0.05) is 12.1 Å². The first-order chi connectivity index (χ1) is 5.96. The van der Waals surface area contributed by atoms with Crippen molar-refractivity contribution in [2.24, 2.45) is 5.73 Å². The first kappa shape index (κ1) is 9.00. The van der Waals surface area contributed by atoms with Crippen LogP contribution in [0.5, 0.6) is 0 Å². The Bertz CT molecular complexity index is 232. The van der Waals surface area contributed by atoms with Gasteiger partial charge in [-0.1, -0.05) is 0 Å². The van der Waals surface area contributed by atoms with Crippen LogP contribution in [0.2, 0.25) is 0 Å². The van der Waals surface area contributed by atoms with E-state index < -0.39 is 5.54 Å². The van der Waals surface area contributed by atoms with Gasteiger partial charge in [-0.2, -0.15) is 0 Å². The van der Waals surface area contributed by atoms with E-state index in [0.29, 0.717) is 0 Å². The molecule has 13 heavy (non-hydrogen) atoms. The average molecular weight is 182 g/mol. The second-order valence-corrected chi connectivity index (χ2v) is 5.01. The van der Waals surface area contributed by atoms with Crippen molar-refractivity contribution in [2.45, 2.75) is 50.6 Å². The van der Waals surface area contributed by atoms with Gasteiger partial charge in [0.2, 0.25) is 5.91 Å². The molecule has 0 unspecified atom stereocenters. The normalized spacial score (nSPS) is 25.3. The van der Waals surface area contributed by atoms with Gasteiger partial charge in [0.25, 0.3) is 0 Å². The molecule has 0 aromatic rings. The van der Waals surface area contributed by atoms with Crippen molar-refractivity contribution in [1.29, 1.82) is 0 Å². The molecule has 1 saturated heterocycles. The van der Waals surface area contributed by atoms with Crippen molar-refractivity contribution < 1.29 is 4.79 Å². The molecule has 0 bridgehead atoms. The molecule has 2 rings (SSSR count). The molecule has 1 aliphatic carbocycles. The molecule has 1 heterocycles. The maximum Gasteiger partial charge on any atom is 0.242 e. The Morgan fingerprint density at radius 3 is 2.23 bits per heavy atom. The molecule has 3 heteroatoms. The van der Waals surface area contributed by atoms with Crippen molar-refractivity contribution in [3.63, 3.8) is 0 Å². The fourth-order valence-corrected chi connectivity index (χ4v) is 2.31. The highest BCUT2D eigenvalue weighted by Gasteiger charge is 2.52. The van der Waals surface area contributed by atoms with Gasteiger partial charge in [0.05, 0.1) is 5.54 Å². The van der Waals surface area contributed by atoms with E-state index in [4.69, 9.17) is 5.73 Å². The topological polar surface area (TPSA) is 46.3 Å². The van der Waals surface area contributed by atoms with Crippen LogP contribution in [0.1, 0.15) is 39.5 Å². The molecular formula is C10H18N2O. The van der Waals surface area contributed by atoms with Gasteiger partial charge in [-0.3, -0.25) is 4.79 Å². The third-order valence-electron chi connectivity index (χ3n) is 3.45. The Morgan fingerprint density at radius 1 is 1.38 bits per heavy atom. The van der Waals surface area contributed by atoms with Gasteiger partial charge in [-0.15, -0.1) is 0 Å². The molecule has 2 fully saturated rings. The van der Waals surface area contributed by atoms with Gasteiger partial charge < -0.3 is 10.6 Å². The lowest BCUT2D eigenvalue weighted by Crippen LogP contribution is -2.69. The lowest BCUT2D eigenvalue weighted by atomic mass is 9.67. The van der Waals surface area contributed by atoms with Crippen molar-refractivity contribution in [3.05, 3.63) is 0 Å². The van der Waals surface area contributed by atoms with Crippen LogP contribution in [0.4, 0.5) is 0 Å². The summed E-state index contributed by atoms with van der Waals surface area (Å²) in [5, 5.41) is 0. The molecule has 0 aromatic heterocycles. The number of hydrogen-bond donors (Lipinski definition) is 1. The van der Waals surface area contributed by atoms with Gasteiger partial charge >= 0.3 is 0 Å². The Morgan fingerprint density at radius 2 is 2.00 bits per heavy atom. The minimum absolute atomic E-state index is 0.124. The van der Waals surface area contributed by atoms with Gasteiger partial charge in [0.1, 0.15) is 0 Å². The Kier molecular flexibility index (Phi) is 1.71. The number of amides is 1. The van der Waals surface area contributed by atoms with E-state index in [1.807, 2.05) is 4.90 Å². The summed E-state index contributed by atoms with van der Waals surface area (Å²) in [6.07, 6.45) is 4.84. The molecule has 0 aromatic carbocycles. The van der Waals surface area contributed by atoms with Gasteiger partial charge in [0.15, 0.2) is 0 Å². The second kappa shape index (κ2) is 2.47. The zero-order valence-corrected chi connectivity index (χ0v) is 8.47. The highest BCUT2D eigenvalue weighted by molar-refractivity contribution is 5.86. The number of hydrogen-bond acceptors (Lipinski definition) is 2. The van der Waals surface area contributed by atoms with Crippen molar-refractivity contribution in [3.8, 4) is 0 Å². The number of nitrogens with zero attached hydrogens (tertiary/aromatic N) is 1. The van der Waals surface area contributed by atoms with E-state index in [1.165, 1.54) is 25.7 Å². The van der Waals surface area contributed by atoms with Crippen LogP contribution in [-0.4, -0.2) is 28.4 Å². The summed E-state index contributed by atoms with van der Waals surface area (Å²) >= 11 is 0. The van der Waals surface area contributed by atoms with E-state index >= 15 is 0 Å². The summed E-state index contributed by atoms with van der Waals surface area (Å²) in [4.78, 5) is 13.9. The van der Waals surface area contributed by atoms with Crippen molar-refractivity contribution >= 4 is 5.91 Å². The highest BCUT2D eigenvalue weighted by atomic mass is 16.2. The van der Waals surface area contributed by atoms with Gasteiger partial charge in [-0.05, 0) is 39.5 Å². The summed E-state index contributed by atoms with van der Waals surface area (Å²) in [5.41, 5.74) is 5.35. The van der Waals surface area contributed by atoms with E-state index in [2.05, 4.69) is 0 Å². The smallest absolute Gasteiger partial charge is 0.242 e. The van der Waals surface area contributed by atoms with E-state index in [-0.39, 0.29) is 11.4 Å². The molecule has 1 saturated carbocycles. The second-order valence-electron chi connectivity index (χ2n) is 5.01. The first-order valence-electron chi connectivity index (χ1n) is 5.07. The predicted molar refractivity (Wildman–Crippen MR) is 51.2 cm³/mol. The van der Waals surface area contributed by atoms with Crippen LogP contribution >= 0.6 is 0 Å². The fourth-order valence-electron chi connectivity index (χ4n) is 2.31. The quantitative estimate of drug-likeness (QED) is 0.654. The number of rotatable bonds is 1. The van der Waals surface area contributed by atoms with E-state index in [0.717, 1.165) is 6.54 Å². The lowest BCUT2D eigenvalue weighted by Gasteiger charge is -2.59. The van der Waals surface area contributed by atoms with Crippen LogP contribution in [0.25, 0.3) is 0 Å². The Hall–Kier alpha value is -0.570. The predicted octanol–water partition coefficient (Wildman–Crippen LogP) is 0.879. The molecule has 3 nitrogen and oxygen atoms in total. The van der Waals surface area contributed by atoms with Crippen LogP contribution in [0, 0.1) is 0 Å². The molecule has 1 aliphatic heterocycles. The molecule has 0 radical (unpaired) electrons. The van der Waals surface area contributed by atoms with E-state index in [9.17, 15) is 4.79 Å². The van der Waals surface area contributed by atoms with Gasteiger partial charge in [-0.25, -0.2) is 0 Å². The zero-order valence-electron chi connectivity index (χ0n) is 8.47. The lowest BCUT2D eigenvalue weighted by molar-refractivity contribution is -0.160. The van der Waals surface area contributed by atoms with Crippen LogP contribution in [-0.2, 0) is 4.79 Å². The summed E-state index contributed by atoms with van der Waals surface area (Å²) in [6.45, 7) is 4.50. The number of carbonyl (C=O) groups excluding carboxylic acids is 1. The molecule has 2 N–H and O–H groups in total. The van der Waals surface area contributed by atoms with Crippen molar-refractivity contribution in [2.75, 3.05) is 6.54 Å². The SMILES string of the molecule is CC(C)(N)C(=O)N1CCC12CCC2. The zero-order chi connectivity index (χ0) is 9.69. The molecule has 0 atom stereocenters. The summed E-state index contributed by atoms with van der Waals surface area (Å²) < 4.78 is 0. The third-order valence-corrected chi connectivity index (χ3v) is 3.45.